The van der Waals surface area contributed by atoms with Crippen molar-refractivity contribution in [1.82, 2.24) is 15.5 Å². The van der Waals surface area contributed by atoms with Gasteiger partial charge in [0.2, 0.25) is 0 Å². The van der Waals surface area contributed by atoms with Gasteiger partial charge in [-0.2, -0.15) is 0 Å². The van der Waals surface area contributed by atoms with Crippen molar-refractivity contribution in [1.29, 1.82) is 0 Å². The summed E-state index contributed by atoms with van der Waals surface area (Å²) >= 11 is 0. The molecule has 6 heteroatoms. The maximum atomic E-state index is 5.97. The number of aliphatic imine (C=N–C) groups is 1. The molecule has 0 saturated carbocycles. The van der Waals surface area contributed by atoms with Crippen molar-refractivity contribution in [3.63, 3.8) is 0 Å². The minimum absolute atomic E-state index is 0.0779. The van der Waals surface area contributed by atoms with Gasteiger partial charge in [-0.1, -0.05) is 30.3 Å². The van der Waals surface area contributed by atoms with E-state index in [9.17, 15) is 0 Å². The van der Waals surface area contributed by atoms with Crippen LogP contribution in [0.3, 0.4) is 0 Å². The second-order valence-electron chi connectivity index (χ2n) is 8.47. The average molecular weight is 389 g/mol. The molecule has 2 N–H and O–H groups in total. The second-order valence-corrected chi connectivity index (χ2v) is 8.47. The van der Waals surface area contributed by atoms with Gasteiger partial charge in [0, 0.05) is 44.9 Å². The van der Waals surface area contributed by atoms with Crippen LogP contribution in [0.15, 0.2) is 35.3 Å². The molecule has 2 aliphatic heterocycles. The molecule has 0 amide bonds. The highest BCUT2D eigenvalue weighted by Crippen LogP contribution is 2.21. The van der Waals surface area contributed by atoms with Gasteiger partial charge in [-0.3, -0.25) is 4.99 Å². The average Bonchev–Trinajstić information content (AvgIpc) is 3.24. The molecule has 156 valence electrons. The lowest BCUT2D eigenvalue weighted by molar-refractivity contribution is -0.0817. The van der Waals surface area contributed by atoms with Crippen molar-refractivity contribution in [3.05, 3.63) is 35.9 Å². The smallest absolute Gasteiger partial charge is 0.193 e. The van der Waals surface area contributed by atoms with E-state index < -0.39 is 0 Å². The summed E-state index contributed by atoms with van der Waals surface area (Å²) < 4.78 is 11.8. The van der Waals surface area contributed by atoms with Gasteiger partial charge in [0.05, 0.1) is 12.7 Å². The minimum atomic E-state index is -0.0779. The lowest BCUT2D eigenvalue weighted by Crippen LogP contribution is -2.56. The summed E-state index contributed by atoms with van der Waals surface area (Å²) in [5.74, 6) is 0.938. The molecule has 3 atom stereocenters. The van der Waals surface area contributed by atoms with E-state index in [1.54, 1.807) is 0 Å². The van der Waals surface area contributed by atoms with Crippen LogP contribution in [-0.4, -0.2) is 68.5 Å². The molecule has 1 aromatic carbocycles. The number of guanidine groups is 1. The van der Waals surface area contributed by atoms with Crippen LogP contribution in [0.25, 0.3) is 0 Å². The third-order valence-corrected chi connectivity index (χ3v) is 5.58. The molecule has 2 saturated heterocycles. The maximum absolute atomic E-state index is 5.97. The summed E-state index contributed by atoms with van der Waals surface area (Å²) in [6.07, 6.45) is 2.60. The number of ether oxygens (including phenoxy) is 2. The van der Waals surface area contributed by atoms with Crippen molar-refractivity contribution in [2.75, 3.05) is 39.9 Å². The van der Waals surface area contributed by atoms with Crippen molar-refractivity contribution in [2.45, 2.75) is 57.4 Å². The molecule has 2 heterocycles. The molecule has 0 bridgehead atoms. The molecule has 2 fully saturated rings. The lowest BCUT2D eigenvalue weighted by Gasteiger charge is -2.38. The minimum Gasteiger partial charge on any atom is -0.375 e. The summed E-state index contributed by atoms with van der Waals surface area (Å²) in [7, 11) is 1.85. The summed E-state index contributed by atoms with van der Waals surface area (Å²) in [6, 6.07) is 10.8. The Balaban J connectivity index is 1.52. The molecule has 0 aromatic heterocycles. The largest absolute Gasteiger partial charge is 0.375 e. The Bertz CT molecular complexity index is 629. The van der Waals surface area contributed by atoms with Crippen molar-refractivity contribution in [2.24, 2.45) is 4.99 Å². The van der Waals surface area contributed by atoms with E-state index in [0.29, 0.717) is 0 Å². The quantitative estimate of drug-likeness (QED) is 0.579. The fraction of sp³-hybridized carbons (Fsp3) is 0.682. The van der Waals surface area contributed by atoms with E-state index in [4.69, 9.17) is 9.47 Å². The fourth-order valence-electron chi connectivity index (χ4n) is 4.08. The van der Waals surface area contributed by atoms with E-state index in [0.717, 1.165) is 51.6 Å². The predicted molar refractivity (Wildman–Crippen MR) is 114 cm³/mol. The number of nitrogens with one attached hydrogen (secondary N) is 2. The first-order valence-electron chi connectivity index (χ1n) is 10.5. The molecule has 1 aromatic rings. The topological polar surface area (TPSA) is 58.1 Å². The molecule has 0 spiro atoms. The van der Waals surface area contributed by atoms with Gasteiger partial charge >= 0.3 is 0 Å². The van der Waals surface area contributed by atoms with Crippen LogP contribution in [0.2, 0.25) is 0 Å². The molecule has 3 unspecified atom stereocenters. The van der Waals surface area contributed by atoms with Gasteiger partial charge < -0.3 is 25.0 Å². The third kappa shape index (κ3) is 5.69. The van der Waals surface area contributed by atoms with Crippen molar-refractivity contribution in [3.8, 4) is 0 Å². The van der Waals surface area contributed by atoms with Gasteiger partial charge in [0.15, 0.2) is 5.96 Å². The van der Waals surface area contributed by atoms with E-state index in [1.807, 2.05) is 7.05 Å². The molecule has 3 rings (SSSR count). The predicted octanol–water partition coefficient (Wildman–Crippen LogP) is 2.57. The zero-order chi connectivity index (χ0) is 20.0. The number of benzene rings is 1. The van der Waals surface area contributed by atoms with Crippen LogP contribution in [0.5, 0.6) is 0 Å². The van der Waals surface area contributed by atoms with Crippen LogP contribution in [0, 0.1) is 0 Å². The first-order chi connectivity index (χ1) is 13.5. The normalized spacial score (nSPS) is 25.0. The van der Waals surface area contributed by atoms with Gasteiger partial charge in [-0.15, -0.1) is 0 Å². The van der Waals surface area contributed by atoms with Crippen LogP contribution in [0.1, 0.15) is 45.2 Å². The van der Waals surface area contributed by atoms with Crippen molar-refractivity contribution >= 4 is 5.96 Å². The van der Waals surface area contributed by atoms with Crippen molar-refractivity contribution < 1.29 is 9.47 Å². The van der Waals surface area contributed by atoms with Gasteiger partial charge in [0.25, 0.3) is 0 Å². The van der Waals surface area contributed by atoms with E-state index >= 15 is 0 Å². The first kappa shape index (κ1) is 21.1. The van der Waals surface area contributed by atoms with E-state index in [1.165, 1.54) is 5.56 Å². The monoisotopic (exact) mass is 388 g/mol. The molecule has 6 nitrogen and oxygen atoms in total. The van der Waals surface area contributed by atoms with E-state index in [2.05, 4.69) is 71.6 Å². The number of rotatable bonds is 6. The second kappa shape index (κ2) is 9.72. The summed E-state index contributed by atoms with van der Waals surface area (Å²) in [5.41, 5.74) is 1.22. The van der Waals surface area contributed by atoms with Crippen LogP contribution < -0.4 is 10.6 Å². The first-order valence-corrected chi connectivity index (χ1v) is 10.5. The Hall–Kier alpha value is -1.63. The highest BCUT2D eigenvalue weighted by Gasteiger charge is 2.32. The van der Waals surface area contributed by atoms with Crippen LogP contribution >= 0.6 is 0 Å². The molecule has 2 aliphatic rings. The standard InChI is InChI=1S/C22H36N4O2/c1-17(18-9-6-5-7-10-18)25-22(2,3)16-24-21(23-4)26-12-14-28-20(15-26)19-11-8-13-27-19/h5-7,9-10,17,19-20,25H,8,11-16H2,1-4H3,(H,23,24). The Morgan fingerprint density at radius 2 is 1.96 bits per heavy atom. The Labute approximate surface area is 169 Å². The molecule has 0 aliphatic carbocycles. The SMILES string of the molecule is CN=C(NCC(C)(C)NC(C)c1ccccc1)N1CCOC(C2CCCO2)C1. The summed E-state index contributed by atoms with van der Waals surface area (Å²) in [6.45, 7) is 10.7. The molecular weight excluding hydrogens is 352 g/mol. The Morgan fingerprint density at radius 3 is 2.64 bits per heavy atom. The number of hydrogen-bond donors (Lipinski definition) is 2. The van der Waals surface area contributed by atoms with Gasteiger partial charge in [0.1, 0.15) is 6.10 Å². The highest BCUT2D eigenvalue weighted by molar-refractivity contribution is 5.80. The zero-order valence-corrected chi connectivity index (χ0v) is 17.8. The molecular formula is C22H36N4O2. The Morgan fingerprint density at radius 1 is 1.21 bits per heavy atom. The fourth-order valence-corrected chi connectivity index (χ4v) is 4.08. The number of morpholine rings is 1. The van der Waals surface area contributed by atoms with Crippen LogP contribution in [-0.2, 0) is 9.47 Å². The third-order valence-electron chi connectivity index (χ3n) is 5.58. The summed E-state index contributed by atoms with van der Waals surface area (Å²) in [4.78, 5) is 6.82. The van der Waals surface area contributed by atoms with Crippen LogP contribution in [0.4, 0.5) is 0 Å². The number of nitrogens with zero attached hydrogens (tertiary/aromatic N) is 2. The van der Waals surface area contributed by atoms with E-state index in [-0.39, 0.29) is 23.8 Å². The molecule has 28 heavy (non-hydrogen) atoms. The Kier molecular flexibility index (Phi) is 7.32. The summed E-state index contributed by atoms with van der Waals surface area (Å²) in [5, 5.41) is 7.29. The number of hydrogen-bond acceptors (Lipinski definition) is 4. The highest BCUT2D eigenvalue weighted by atomic mass is 16.5. The zero-order valence-electron chi connectivity index (χ0n) is 17.8. The van der Waals surface area contributed by atoms with Gasteiger partial charge in [-0.05, 0) is 39.2 Å². The lowest BCUT2D eigenvalue weighted by atomic mass is 10.0. The molecule has 0 radical (unpaired) electrons. The maximum Gasteiger partial charge on any atom is 0.193 e. The van der Waals surface area contributed by atoms with Gasteiger partial charge in [-0.25, -0.2) is 0 Å².